The Morgan fingerprint density at radius 1 is 0.833 bits per heavy atom. The van der Waals surface area contributed by atoms with Gasteiger partial charge in [0.25, 0.3) is 0 Å². The van der Waals surface area contributed by atoms with Gasteiger partial charge < -0.3 is 14.9 Å². The third-order valence-corrected chi connectivity index (χ3v) is 0. The molecule has 0 aromatic rings. The fraction of sp³-hybridized carbons (Fsp3) is 0. The van der Waals surface area contributed by atoms with E-state index in [-0.39, 0.29) is 34.7 Å². The molecule has 0 N–H and O–H groups in total. The summed E-state index contributed by atoms with van der Waals surface area (Å²) in [4.78, 5) is 0. The summed E-state index contributed by atoms with van der Waals surface area (Å²) in [6.07, 6.45) is 0. The summed E-state index contributed by atoms with van der Waals surface area (Å²) < 4.78 is 0. The first kappa shape index (κ1) is 46.0. The van der Waals surface area contributed by atoms with Crippen LogP contribution in [0.4, 0.5) is 0 Å². The third-order valence-electron chi connectivity index (χ3n) is 0. The van der Waals surface area contributed by atoms with E-state index in [1.54, 1.807) is 0 Å². The summed E-state index contributed by atoms with van der Waals surface area (Å²) in [6.45, 7) is 0. The standard InChI is InChI=1S/2CH3.ClH.Ir.2H3P/h2*1H3;1H;;2*1H3/q2*-1;;+3;;/p-1. The van der Waals surface area contributed by atoms with Gasteiger partial charge in [0, 0.05) is 0 Å². The van der Waals surface area contributed by atoms with E-state index >= 15 is 0 Å². The molecule has 0 saturated heterocycles. The predicted molar refractivity (Wildman–Crippen MR) is 40.9 cm³/mol. The van der Waals surface area contributed by atoms with Crippen molar-refractivity contribution in [2.75, 3.05) is 0 Å². The van der Waals surface area contributed by atoms with E-state index in [9.17, 15) is 0 Å². The Morgan fingerprint density at radius 2 is 0.833 bits per heavy atom. The van der Waals surface area contributed by atoms with Gasteiger partial charge in [0.2, 0.25) is 0 Å². The Labute approximate surface area is 62.2 Å². The topological polar surface area (TPSA) is 0 Å². The van der Waals surface area contributed by atoms with Gasteiger partial charge >= 0.3 is 27.5 Å². The van der Waals surface area contributed by atoms with E-state index in [0.29, 0.717) is 0 Å². The number of hydrogen-bond acceptors (Lipinski definition) is 0. The Balaban J connectivity index is -0.000000000833. The molecule has 0 amide bonds. The normalized spacial score (nSPS) is 1.00. The average Bonchev–Trinajstić information content (AvgIpc) is 1.00. The Hall–Kier alpha value is 1.80. The van der Waals surface area contributed by atoms with Crippen LogP contribution in [0.15, 0.2) is 0 Å². The molecular weight excluding hydrogens is 314 g/mol. The predicted octanol–water partition coefficient (Wildman–Crippen LogP) is 1.70. The maximum absolute atomic E-state index is 4.64. The molecule has 2 atom stereocenters. The molecule has 0 fully saturated rings. The van der Waals surface area contributed by atoms with Crippen LogP contribution in [0, 0.1) is 14.9 Å². The minimum absolute atomic E-state index is 0. The summed E-state index contributed by atoms with van der Waals surface area (Å²) >= 11 is 1.47. The van der Waals surface area contributed by atoms with Crippen molar-refractivity contribution in [1.82, 2.24) is 0 Å². The summed E-state index contributed by atoms with van der Waals surface area (Å²) in [5.41, 5.74) is 0. The van der Waals surface area contributed by atoms with Gasteiger partial charge in [0.15, 0.2) is 0 Å². The minimum atomic E-state index is 0. The van der Waals surface area contributed by atoms with Crippen LogP contribution in [0.2, 0.25) is 0 Å². The average molecular weight is 326 g/mol. The molecule has 4 heteroatoms. The molecule has 46 valence electrons. The van der Waals surface area contributed by atoms with Gasteiger partial charge in [-0.3, -0.25) is 0 Å². The van der Waals surface area contributed by atoms with Gasteiger partial charge in [-0.1, -0.05) is 0 Å². The summed E-state index contributed by atoms with van der Waals surface area (Å²) in [7, 11) is 4.64. The summed E-state index contributed by atoms with van der Waals surface area (Å²) in [5, 5.41) is 0. The van der Waals surface area contributed by atoms with Crippen LogP contribution in [0.25, 0.3) is 0 Å². The number of halogens is 1. The molecule has 0 aromatic heterocycles. The van der Waals surface area contributed by atoms with Crippen molar-refractivity contribution < 1.29 is 17.9 Å². The van der Waals surface area contributed by atoms with E-state index in [1.165, 1.54) is 17.9 Å². The molecule has 0 bridgehead atoms. The molecule has 0 heterocycles. The zero-order valence-corrected chi connectivity index (χ0v) is 10.1. The van der Waals surface area contributed by atoms with E-state index in [0.717, 1.165) is 0 Å². The summed E-state index contributed by atoms with van der Waals surface area (Å²) in [6, 6.07) is 0. The fourth-order valence-corrected chi connectivity index (χ4v) is 0. The quantitative estimate of drug-likeness (QED) is 0.470. The molecule has 0 nitrogen and oxygen atoms in total. The zero-order chi connectivity index (χ0) is 2.00. The molecule has 0 aromatic carbocycles. The van der Waals surface area contributed by atoms with Crippen molar-refractivity contribution in [2.24, 2.45) is 0 Å². The number of hydrogen-bond donors (Lipinski definition) is 0. The first-order valence-corrected chi connectivity index (χ1v) is 3.09. The Kier molecular flexibility index (Phi) is 542. The van der Waals surface area contributed by atoms with Crippen molar-refractivity contribution in [3.05, 3.63) is 14.9 Å². The monoisotopic (exact) mass is 326 g/mol. The second-order valence-electron chi connectivity index (χ2n) is 0. The molecule has 0 spiro atoms. The number of rotatable bonds is 0. The van der Waals surface area contributed by atoms with E-state index in [4.69, 9.17) is 0 Å². The van der Waals surface area contributed by atoms with Crippen LogP contribution >= 0.6 is 29.4 Å². The van der Waals surface area contributed by atoms with Gasteiger partial charge in [-0.05, 0) is 0 Å². The molecule has 0 rings (SSSR count). The third kappa shape index (κ3) is 41.3. The van der Waals surface area contributed by atoms with Crippen molar-refractivity contribution in [3.63, 3.8) is 0 Å². The van der Waals surface area contributed by atoms with Crippen LogP contribution in [-0.4, -0.2) is 0 Å². The first-order valence-electron chi connectivity index (χ1n) is 0.126. The molecule has 0 aliphatic rings. The molecule has 0 aliphatic carbocycles. The second-order valence-corrected chi connectivity index (χ2v) is 0. The van der Waals surface area contributed by atoms with Gasteiger partial charge in [0.05, 0.1) is 0 Å². The van der Waals surface area contributed by atoms with Crippen LogP contribution in [0.5, 0.6) is 0 Å². The van der Waals surface area contributed by atoms with Crippen molar-refractivity contribution in [2.45, 2.75) is 0 Å². The van der Waals surface area contributed by atoms with Crippen molar-refractivity contribution in [3.8, 4) is 0 Å². The molecule has 2 unspecified atom stereocenters. The van der Waals surface area contributed by atoms with Gasteiger partial charge in [0.1, 0.15) is 0 Å². The van der Waals surface area contributed by atoms with E-state index in [2.05, 4.69) is 9.58 Å². The summed E-state index contributed by atoms with van der Waals surface area (Å²) in [5.74, 6) is 0. The van der Waals surface area contributed by atoms with Crippen LogP contribution in [0.3, 0.4) is 0 Å². The van der Waals surface area contributed by atoms with Crippen LogP contribution in [0.1, 0.15) is 0 Å². The molecule has 0 radical (unpaired) electrons. The fourth-order valence-electron chi connectivity index (χ4n) is 0. The van der Waals surface area contributed by atoms with Crippen molar-refractivity contribution >= 4 is 29.4 Å². The molecule has 6 heavy (non-hydrogen) atoms. The molecule has 0 saturated carbocycles. The molecule has 0 aliphatic heterocycles. The second kappa shape index (κ2) is 70.6. The van der Waals surface area contributed by atoms with Gasteiger partial charge in [-0.25, -0.2) is 0 Å². The zero-order valence-electron chi connectivity index (χ0n) is 4.13. The first-order chi connectivity index (χ1) is 1.00. The Morgan fingerprint density at radius 3 is 0.833 bits per heavy atom. The molecular formula is C2H12ClIrP2. The van der Waals surface area contributed by atoms with Crippen molar-refractivity contribution in [1.29, 1.82) is 0 Å². The van der Waals surface area contributed by atoms with Crippen LogP contribution < -0.4 is 0 Å². The van der Waals surface area contributed by atoms with E-state index in [1.807, 2.05) is 0 Å². The Bertz CT molecular complexity index is 11.5. The maximum atomic E-state index is 4.64. The van der Waals surface area contributed by atoms with Crippen LogP contribution in [-0.2, 0) is 17.9 Å². The SMILES string of the molecule is P.P.[CH3-].[CH3-].[Cl][Ir+2]. The van der Waals surface area contributed by atoms with Gasteiger partial charge in [-0.15, -0.1) is 0 Å². The van der Waals surface area contributed by atoms with E-state index < -0.39 is 0 Å². The van der Waals surface area contributed by atoms with Gasteiger partial charge in [-0.2, -0.15) is 19.8 Å².